The Labute approximate surface area is 140 Å². The van der Waals surface area contributed by atoms with Gasteiger partial charge in [0.05, 0.1) is 5.75 Å². The molecule has 0 amide bonds. The second-order valence-corrected chi connectivity index (χ2v) is 8.02. The van der Waals surface area contributed by atoms with Crippen LogP contribution in [0.2, 0.25) is 0 Å². The van der Waals surface area contributed by atoms with Crippen LogP contribution < -0.4 is 9.88 Å². The molecule has 0 atom stereocenters. The summed E-state index contributed by atoms with van der Waals surface area (Å²) in [6, 6.07) is 11.5. The zero-order valence-corrected chi connectivity index (χ0v) is 14.2. The maximum absolute atomic E-state index is 13.2. The third kappa shape index (κ3) is 3.66. The van der Waals surface area contributed by atoms with Gasteiger partial charge in [-0.3, -0.25) is 0 Å². The first-order valence-corrected chi connectivity index (χ1v) is 9.16. The summed E-state index contributed by atoms with van der Waals surface area (Å²) in [5.41, 5.74) is 2.61. The van der Waals surface area contributed by atoms with Crippen LogP contribution in [0.5, 0.6) is 5.75 Å². The minimum Gasteiger partial charge on any atom is -0.483 e. The summed E-state index contributed by atoms with van der Waals surface area (Å²) in [4.78, 5) is 0. The Kier molecular flexibility index (Phi) is 3.97. The van der Waals surface area contributed by atoms with E-state index >= 15 is 0 Å². The van der Waals surface area contributed by atoms with Gasteiger partial charge in [0.15, 0.2) is 0 Å². The van der Waals surface area contributed by atoms with E-state index in [1.54, 1.807) is 30.3 Å². The summed E-state index contributed by atoms with van der Waals surface area (Å²) in [5.74, 6) is 0.0389. The third-order valence-corrected chi connectivity index (χ3v) is 4.46. The van der Waals surface area contributed by atoms with E-state index < -0.39 is 15.6 Å². The highest BCUT2D eigenvalue weighted by atomic mass is 32.2. The average molecular weight is 347 g/mol. The topological polar surface area (TPSA) is 69.4 Å². The lowest BCUT2D eigenvalue weighted by Gasteiger charge is -2.31. The van der Waals surface area contributed by atoms with Crippen molar-refractivity contribution in [3.8, 4) is 5.75 Å². The van der Waals surface area contributed by atoms with Crippen LogP contribution in [0.1, 0.15) is 30.5 Å². The van der Waals surface area contributed by atoms with Crippen molar-refractivity contribution < 1.29 is 17.5 Å². The number of nitrogens with two attached hydrogens (primary N) is 1. The van der Waals surface area contributed by atoms with Crippen LogP contribution in [0, 0.1) is 5.82 Å². The molecule has 0 radical (unpaired) electrons. The normalized spacial score (nSPS) is 16.1. The van der Waals surface area contributed by atoms with Crippen molar-refractivity contribution >= 4 is 15.6 Å². The number of hydrogen-bond donors (Lipinski definition) is 1. The number of ether oxygens (including phenoxy) is 1. The quantitative estimate of drug-likeness (QED) is 0.927. The Hall–Kier alpha value is -2.18. The molecule has 0 spiro atoms. The van der Waals surface area contributed by atoms with Crippen LogP contribution in [0.15, 0.2) is 48.5 Å². The predicted octanol–water partition coefficient (Wildman–Crippen LogP) is 3.22. The van der Waals surface area contributed by atoms with Crippen LogP contribution in [0.4, 0.5) is 4.39 Å². The maximum Gasteiger partial charge on any atom is 0.213 e. The van der Waals surface area contributed by atoms with Gasteiger partial charge in [0.25, 0.3) is 0 Å². The number of rotatable bonds is 3. The first-order valence-electron chi connectivity index (χ1n) is 7.45. The van der Waals surface area contributed by atoms with Crippen LogP contribution in [-0.4, -0.2) is 14.0 Å². The van der Waals surface area contributed by atoms with Gasteiger partial charge in [0.1, 0.15) is 17.2 Å². The molecule has 0 aromatic heterocycles. The monoisotopic (exact) mass is 347 g/mol. The molecule has 0 fully saturated rings. The Balaban J connectivity index is 2.09. The van der Waals surface area contributed by atoms with Crippen molar-refractivity contribution in [2.75, 3.05) is 0 Å². The van der Waals surface area contributed by atoms with Crippen LogP contribution in [0.3, 0.4) is 0 Å². The van der Waals surface area contributed by atoms with E-state index in [2.05, 4.69) is 0 Å². The fraction of sp³-hybridized carbons (Fsp3) is 0.222. The van der Waals surface area contributed by atoms with E-state index in [-0.39, 0.29) is 11.6 Å². The van der Waals surface area contributed by atoms with Crippen molar-refractivity contribution in [2.45, 2.75) is 25.2 Å². The van der Waals surface area contributed by atoms with Crippen LogP contribution in [0.25, 0.3) is 5.57 Å². The largest absolute Gasteiger partial charge is 0.483 e. The van der Waals surface area contributed by atoms with E-state index in [1.165, 1.54) is 12.1 Å². The number of halogens is 1. The highest BCUT2D eigenvalue weighted by Gasteiger charge is 2.27. The average Bonchev–Trinajstić information content (AvgIpc) is 2.44. The van der Waals surface area contributed by atoms with Gasteiger partial charge in [-0.15, -0.1) is 0 Å². The molecule has 6 heteroatoms. The molecule has 0 bridgehead atoms. The second-order valence-electron chi connectivity index (χ2n) is 6.41. The summed E-state index contributed by atoms with van der Waals surface area (Å²) < 4.78 is 41.8. The molecule has 2 aromatic carbocycles. The minimum absolute atomic E-state index is 0.250. The molecule has 2 aromatic rings. The first kappa shape index (κ1) is 16.7. The van der Waals surface area contributed by atoms with Gasteiger partial charge in [-0.25, -0.2) is 17.9 Å². The first-order chi connectivity index (χ1) is 11.1. The number of benzene rings is 2. The molecular weight excluding hydrogens is 329 g/mol. The minimum atomic E-state index is -3.61. The van der Waals surface area contributed by atoms with Crippen molar-refractivity contribution in [2.24, 2.45) is 5.14 Å². The Morgan fingerprint density at radius 3 is 2.42 bits per heavy atom. The van der Waals surface area contributed by atoms with E-state index in [9.17, 15) is 12.8 Å². The van der Waals surface area contributed by atoms with Crippen LogP contribution >= 0.6 is 0 Å². The van der Waals surface area contributed by atoms with E-state index in [0.717, 1.165) is 16.7 Å². The van der Waals surface area contributed by atoms with Gasteiger partial charge in [-0.1, -0.05) is 24.3 Å². The molecule has 0 aliphatic carbocycles. The lowest BCUT2D eigenvalue weighted by Crippen LogP contribution is -2.29. The zero-order chi connectivity index (χ0) is 17.5. The Morgan fingerprint density at radius 1 is 1.12 bits per heavy atom. The summed E-state index contributed by atoms with van der Waals surface area (Å²) in [5, 5.41) is 5.11. The maximum atomic E-state index is 13.2. The molecule has 2 N–H and O–H groups in total. The molecule has 0 unspecified atom stereocenters. The summed E-state index contributed by atoms with van der Waals surface area (Å²) >= 11 is 0. The molecule has 1 aliphatic rings. The SMILES string of the molecule is CC1(C)C=C(c2ccc(F)cc2)c2ccc(CS(N)(=O)=O)cc2O1. The van der Waals surface area contributed by atoms with Crippen molar-refractivity contribution in [3.05, 3.63) is 71.0 Å². The van der Waals surface area contributed by atoms with E-state index in [4.69, 9.17) is 9.88 Å². The van der Waals surface area contributed by atoms with E-state index in [1.807, 2.05) is 19.9 Å². The zero-order valence-electron chi connectivity index (χ0n) is 13.4. The molecule has 0 saturated carbocycles. The van der Waals surface area contributed by atoms with E-state index in [0.29, 0.717) is 11.3 Å². The number of fused-ring (bicyclic) bond motifs is 1. The molecule has 3 rings (SSSR count). The smallest absolute Gasteiger partial charge is 0.213 e. The standard InChI is InChI=1S/C18H18FNO3S/c1-18(2)10-16(13-4-6-14(19)7-5-13)15-8-3-12(9-17(15)23-18)11-24(20,21)22/h3-10H,11H2,1-2H3,(H2,20,21,22). The molecule has 24 heavy (non-hydrogen) atoms. The molecular formula is C18H18FNO3S. The van der Waals surface area contributed by atoms with Crippen molar-refractivity contribution in [1.82, 2.24) is 0 Å². The molecule has 126 valence electrons. The fourth-order valence-corrected chi connectivity index (χ4v) is 3.45. The van der Waals surface area contributed by atoms with Gasteiger partial charge in [-0.05, 0) is 54.8 Å². The Bertz CT molecular complexity index is 916. The van der Waals surface area contributed by atoms with Gasteiger partial charge >= 0.3 is 0 Å². The fourth-order valence-electron chi connectivity index (χ4n) is 2.80. The van der Waals surface area contributed by atoms with Gasteiger partial charge < -0.3 is 4.74 Å². The van der Waals surface area contributed by atoms with Crippen molar-refractivity contribution in [3.63, 3.8) is 0 Å². The summed E-state index contributed by atoms with van der Waals surface area (Å²) in [6.07, 6.45) is 1.97. The number of hydrogen-bond acceptors (Lipinski definition) is 3. The number of sulfonamides is 1. The molecule has 4 nitrogen and oxygen atoms in total. The number of primary sulfonamides is 1. The third-order valence-electron chi connectivity index (χ3n) is 3.72. The lowest BCUT2D eigenvalue weighted by atomic mass is 9.89. The lowest BCUT2D eigenvalue weighted by molar-refractivity contribution is 0.158. The van der Waals surface area contributed by atoms with Crippen LogP contribution in [-0.2, 0) is 15.8 Å². The van der Waals surface area contributed by atoms with Gasteiger partial charge in [0, 0.05) is 5.56 Å². The second kappa shape index (κ2) is 5.72. The highest BCUT2D eigenvalue weighted by Crippen LogP contribution is 2.40. The predicted molar refractivity (Wildman–Crippen MR) is 91.4 cm³/mol. The Morgan fingerprint density at radius 2 is 1.79 bits per heavy atom. The summed E-state index contributed by atoms with van der Waals surface area (Å²) in [7, 11) is -3.61. The summed E-state index contributed by atoms with van der Waals surface area (Å²) in [6.45, 7) is 3.82. The highest BCUT2D eigenvalue weighted by molar-refractivity contribution is 7.88. The van der Waals surface area contributed by atoms with Gasteiger partial charge in [-0.2, -0.15) is 0 Å². The molecule has 0 saturated heterocycles. The molecule has 1 heterocycles. The molecule has 1 aliphatic heterocycles. The van der Waals surface area contributed by atoms with Gasteiger partial charge in [0.2, 0.25) is 10.0 Å². The van der Waals surface area contributed by atoms with Crippen molar-refractivity contribution in [1.29, 1.82) is 0 Å².